The summed E-state index contributed by atoms with van der Waals surface area (Å²) in [6.07, 6.45) is -21.9. The van der Waals surface area contributed by atoms with Gasteiger partial charge in [0.15, 0.2) is 37.2 Å². The van der Waals surface area contributed by atoms with Crippen LogP contribution in [0.3, 0.4) is 0 Å². The summed E-state index contributed by atoms with van der Waals surface area (Å²) in [7, 11) is 0. The van der Waals surface area contributed by atoms with Crippen molar-refractivity contribution in [2.45, 2.75) is 234 Å². The molecule has 29 atom stereocenters. The molecule has 0 amide bonds. The molecular weight excluding hydrogens is 965 g/mol. The van der Waals surface area contributed by atoms with Crippen LogP contribution in [0.1, 0.15) is 99.8 Å². The normalized spacial score (nSPS) is 57.4. The molecule has 6 saturated heterocycles. The Hall–Kier alpha value is -1.14. The largest absolute Gasteiger partial charge is 0.394 e. The number of hydrogen-bond acceptors (Lipinski definition) is 22. The molecule has 4 unspecified atom stereocenters. The van der Waals surface area contributed by atoms with E-state index in [2.05, 4.69) is 40.7 Å². The Morgan fingerprint density at radius 1 is 0.630 bits per heavy atom. The van der Waals surface area contributed by atoms with E-state index in [9.17, 15) is 61.3 Å². The van der Waals surface area contributed by atoms with Crippen LogP contribution in [0.15, 0.2) is 11.6 Å². The predicted molar refractivity (Wildman–Crippen MR) is 247 cm³/mol. The minimum Gasteiger partial charge on any atom is -0.394 e. The van der Waals surface area contributed by atoms with Crippen molar-refractivity contribution in [1.82, 2.24) is 0 Å². The standard InChI is InChI=1S/C51H82O22/c1-21(2)14-22-15-49(7,73-42-34(59)30(55)24(54)18-64-42)40-23-8-9-28-47(5)12-11-29(46(3,4)27(47)10-13-48(28,6)50(23)19-51(40,72-22)65-20-50)68-45-39(70-43-35(60)32(57)26(17-53)67-43)38(37(62)41(63)71-45)69-44-36(61)33(58)31(56)25(16-52)66-44/h14,22-45,52-63H,8-13,15-20H2,1-7H3/t22-,23?,24+,25+,26-,27?,28?,29-,30+,31+,32-,33-,34-,35+,36+,37-,38-,39+,40?,41-,42+,43-,44-,45+,47-,48+,49-,50-,51-/m0/s1. The Bertz CT molecular complexity index is 2010. The van der Waals surface area contributed by atoms with Crippen LogP contribution in [-0.4, -0.2) is 222 Å². The van der Waals surface area contributed by atoms with Gasteiger partial charge in [0.25, 0.3) is 0 Å². The van der Waals surface area contributed by atoms with E-state index < -0.39 is 147 Å². The van der Waals surface area contributed by atoms with Gasteiger partial charge in [-0.05, 0) is 93.3 Å². The fourth-order valence-corrected chi connectivity index (χ4v) is 16.9. The summed E-state index contributed by atoms with van der Waals surface area (Å²) in [5, 5.41) is 128. The molecule has 10 rings (SSSR count). The summed E-state index contributed by atoms with van der Waals surface area (Å²) in [6, 6.07) is 0. The zero-order chi connectivity index (χ0) is 52.7. The lowest BCUT2D eigenvalue weighted by molar-refractivity contribution is -0.405. The maximum Gasteiger partial charge on any atom is 0.190 e. The highest BCUT2D eigenvalue weighted by molar-refractivity contribution is 5.27. The van der Waals surface area contributed by atoms with Gasteiger partial charge >= 0.3 is 0 Å². The van der Waals surface area contributed by atoms with Gasteiger partial charge in [0.2, 0.25) is 0 Å². The van der Waals surface area contributed by atoms with Gasteiger partial charge in [0.1, 0.15) is 79.4 Å². The van der Waals surface area contributed by atoms with Gasteiger partial charge in [-0.25, -0.2) is 0 Å². The maximum absolute atomic E-state index is 11.5. The van der Waals surface area contributed by atoms with Crippen molar-refractivity contribution >= 4 is 0 Å². The first-order chi connectivity index (χ1) is 34.3. The molecule has 0 radical (unpaired) electrons. The van der Waals surface area contributed by atoms with Crippen LogP contribution in [0.4, 0.5) is 0 Å². The first kappa shape index (κ1) is 55.2. The van der Waals surface area contributed by atoms with Gasteiger partial charge in [-0.15, -0.1) is 0 Å². The van der Waals surface area contributed by atoms with Crippen LogP contribution >= 0.6 is 0 Å². The average molecular weight is 1050 g/mol. The summed E-state index contributed by atoms with van der Waals surface area (Å²) in [4.78, 5) is 0. The molecule has 2 bridgehead atoms. The van der Waals surface area contributed by atoms with Crippen molar-refractivity contribution in [1.29, 1.82) is 0 Å². The monoisotopic (exact) mass is 1050 g/mol. The number of aliphatic hydroxyl groups is 12. The molecule has 4 saturated carbocycles. The highest BCUT2D eigenvalue weighted by Crippen LogP contribution is 2.80. The van der Waals surface area contributed by atoms with E-state index in [0.717, 1.165) is 37.7 Å². The number of hydrogen-bond donors (Lipinski definition) is 12. The Labute approximate surface area is 425 Å². The van der Waals surface area contributed by atoms with Crippen LogP contribution in [-0.2, 0) is 47.4 Å². The lowest BCUT2D eigenvalue weighted by atomic mass is 9.35. The fourth-order valence-electron chi connectivity index (χ4n) is 16.9. The molecular formula is C51H82O22. The molecule has 10 fully saturated rings. The minimum atomic E-state index is -1.97. The van der Waals surface area contributed by atoms with E-state index in [1.807, 2.05) is 13.8 Å². The molecule has 73 heavy (non-hydrogen) atoms. The molecule has 22 heteroatoms. The Balaban J connectivity index is 0.919. The maximum atomic E-state index is 11.5. The van der Waals surface area contributed by atoms with Crippen LogP contribution in [0, 0.1) is 45.3 Å². The van der Waals surface area contributed by atoms with Gasteiger partial charge in [-0.3, -0.25) is 0 Å². The second kappa shape index (κ2) is 19.6. The second-order valence-corrected chi connectivity index (χ2v) is 24.9. The van der Waals surface area contributed by atoms with Gasteiger partial charge in [0, 0.05) is 24.2 Å². The first-order valence-electron chi connectivity index (χ1n) is 26.5. The van der Waals surface area contributed by atoms with Crippen LogP contribution in [0.5, 0.6) is 0 Å². The van der Waals surface area contributed by atoms with Crippen LogP contribution in [0.2, 0.25) is 0 Å². The van der Waals surface area contributed by atoms with Gasteiger partial charge in [-0.2, -0.15) is 0 Å². The Kier molecular flexibility index (Phi) is 14.8. The van der Waals surface area contributed by atoms with E-state index in [1.54, 1.807) is 0 Å². The van der Waals surface area contributed by atoms with Crippen LogP contribution < -0.4 is 0 Å². The second-order valence-electron chi connectivity index (χ2n) is 24.9. The van der Waals surface area contributed by atoms with Crippen LogP contribution in [0.25, 0.3) is 0 Å². The number of aliphatic hydroxyl groups excluding tert-OH is 12. The third kappa shape index (κ3) is 8.58. The number of allylic oxidation sites excluding steroid dienone is 1. The summed E-state index contributed by atoms with van der Waals surface area (Å²) >= 11 is 0. The minimum absolute atomic E-state index is 0.0865. The molecule has 0 aromatic rings. The van der Waals surface area contributed by atoms with E-state index in [0.29, 0.717) is 25.9 Å². The van der Waals surface area contributed by atoms with Crippen molar-refractivity contribution in [2.75, 3.05) is 26.4 Å². The summed E-state index contributed by atoms with van der Waals surface area (Å²) < 4.78 is 63.5. The third-order valence-electron chi connectivity index (χ3n) is 20.3. The summed E-state index contributed by atoms with van der Waals surface area (Å²) in [5.74, 6) is -0.772. The fraction of sp³-hybridized carbons (Fsp3) is 0.961. The molecule has 0 aromatic heterocycles. The van der Waals surface area contributed by atoms with E-state index >= 15 is 0 Å². The molecule has 2 spiro atoms. The predicted octanol–water partition coefficient (Wildman–Crippen LogP) is -1.61. The lowest BCUT2D eigenvalue weighted by Crippen LogP contribution is -2.68. The number of fused-ring (bicyclic) bond motifs is 4. The lowest BCUT2D eigenvalue weighted by Gasteiger charge is -2.70. The SMILES string of the molecule is CC(C)=C[C@H]1C[C@](C)(O[C@H]2OC[C@@H](O)[C@@H](O)[C@@H]2O)C2C3CCC4[C@@]5(C)CC[C@H](O[C@@H]6O[C@H](O)[C@@H](O)[C@H](O[C@@H]7O[C@H](CO)[C@@H](O)[C@H](O)[C@H]7O)[C@H]6O[C@@H]6O[C@@H](CO)[C@H](O)[C@H]6O)C(C)(C)C5CC[C@@]4(C)[C@@]34CO[C@@]2(C4)O1. The quantitative estimate of drug-likeness (QED) is 0.0818. The Morgan fingerprint density at radius 2 is 1.26 bits per heavy atom. The molecule has 418 valence electrons. The van der Waals surface area contributed by atoms with Crippen molar-refractivity contribution < 1.29 is 109 Å². The molecule has 10 aliphatic rings. The zero-order valence-corrected chi connectivity index (χ0v) is 42.9. The highest BCUT2D eigenvalue weighted by atomic mass is 16.8. The third-order valence-corrected chi connectivity index (χ3v) is 20.3. The van der Waals surface area contributed by atoms with E-state index in [1.165, 1.54) is 0 Å². The highest BCUT2D eigenvalue weighted by Gasteiger charge is 2.81. The van der Waals surface area contributed by atoms with Crippen molar-refractivity contribution in [3.05, 3.63) is 11.6 Å². The smallest absolute Gasteiger partial charge is 0.190 e. The molecule has 22 nitrogen and oxygen atoms in total. The van der Waals surface area contributed by atoms with Gasteiger partial charge in [0.05, 0.1) is 44.2 Å². The van der Waals surface area contributed by atoms with E-state index in [-0.39, 0.29) is 52.6 Å². The molecule has 4 aliphatic carbocycles. The average Bonchev–Trinajstić information content (AvgIpc) is 3.95. The van der Waals surface area contributed by atoms with Crippen molar-refractivity contribution in [2.24, 2.45) is 45.3 Å². The number of ether oxygens (including phenoxy) is 10. The first-order valence-corrected chi connectivity index (χ1v) is 26.5. The van der Waals surface area contributed by atoms with Crippen molar-refractivity contribution in [3.63, 3.8) is 0 Å². The zero-order valence-electron chi connectivity index (χ0n) is 42.9. The molecule has 0 aromatic carbocycles. The van der Waals surface area contributed by atoms with Crippen molar-refractivity contribution in [3.8, 4) is 0 Å². The van der Waals surface area contributed by atoms with Gasteiger partial charge < -0.3 is 109 Å². The summed E-state index contributed by atoms with van der Waals surface area (Å²) in [5.41, 5.74) is -1.15. The van der Waals surface area contributed by atoms with Gasteiger partial charge in [-0.1, -0.05) is 39.3 Å². The Morgan fingerprint density at radius 3 is 1.92 bits per heavy atom. The topological polar surface area (TPSA) is 335 Å². The van der Waals surface area contributed by atoms with E-state index in [4.69, 9.17) is 47.4 Å². The molecule has 6 aliphatic heterocycles. The summed E-state index contributed by atoms with van der Waals surface area (Å²) in [6.45, 7) is 14.1. The number of rotatable bonds is 11. The molecule has 6 heterocycles. The molecule has 12 N–H and O–H groups in total.